The number of nitrogens with two attached hydrogens (primary N) is 1. The molecule has 0 aliphatic carbocycles. The molecule has 1 aliphatic rings. The number of anilines is 1. The molecule has 4 atom stereocenters. The lowest BCUT2D eigenvalue weighted by molar-refractivity contribution is -0.0959. The zero-order valence-corrected chi connectivity index (χ0v) is 11.4. The predicted molar refractivity (Wildman–Crippen MR) is 75.8 cm³/mol. The van der Waals surface area contributed by atoms with Crippen LogP contribution in [0.15, 0.2) is 29.8 Å². The Kier molecular flexibility index (Phi) is 3.28. The number of nitrogens with one attached hydrogen (secondary N) is 1. The van der Waals surface area contributed by atoms with Crippen LogP contribution in [0.4, 0.5) is 10.2 Å². The van der Waals surface area contributed by atoms with Crippen molar-refractivity contribution in [3.8, 4) is 0 Å². The molecule has 118 valence electrons. The Morgan fingerprint density at radius 2 is 2.41 bits per heavy atom. The highest BCUT2D eigenvalue weighted by Gasteiger charge is 2.54. The molecule has 0 saturated carbocycles. The number of pyridine rings is 1. The number of H-pyrrole nitrogens is 1. The van der Waals surface area contributed by atoms with Crippen molar-refractivity contribution in [2.45, 2.75) is 24.1 Å². The molecular formula is C13H15FN4O4. The fraction of sp³-hybridized carbons (Fsp3) is 0.385. The Hall–Kier alpha value is -2.23. The van der Waals surface area contributed by atoms with Gasteiger partial charge in [0.15, 0.2) is 17.9 Å². The van der Waals surface area contributed by atoms with Gasteiger partial charge in [-0.2, -0.15) is 0 Å². The van der Waals surface area contributed by atoms with Crippen molar-refractivity contribution in [2.24, 2.45) is 0 Å². The first-order chi connectivity index (χ1) is 10.4. The van der Waals surface area contributed by atoms with Gasteiger partial charge in [0.1, 0.15) is 17.5 Å². The van der Waals surface area contributed by atoms with Crippen LogP contribution in [0, 0.1) is 0 Å². The molecular weight excluding hydrogens is 295 g/mol. The van der Waals surface area contributed by atoms with Gasteiger partial charge in [0.25, 0.3) is 5.56 Å². The standard InChI is InChI=1S/C13H15FN4O4/c1-2-13(4-19)10(20)8(14)12(22-13)18-5-16-9-6(18)3-7(15)17-11(9)21/h2-3,5,8,10,12,19-20H,1,4H2,(H3,15,17,21)/t8-,10+,12-,13-/m1/s1. The summed E-state index contributed by atoms with van der Waals surface area (Å²) in [5.74, 6) is 0.0883. The van der Waals surface area contributed by atoms with Crippen LogP contribution in [-0.2, 0) is 4.74 Å². The van der Waals surface area contributed by atoms with E-state index in [-0.39, 0.29) is 16.9 Å². The maximum Gasteiger partial charge on any atom is 0.277 e. The van der Waals surface area contributed by atoms with Gasteiger partial charge in [-0.25, -0.2) is 9.37 Å². The molecule has 1 aliphatic heterocycles. The smallest absolute Gasteiger partial charge is 0.277 e. The van der Waals surface area contributed by atoms with E-state index >= 15 is 0 Å². The summed E-state index contributed by atoms with van der Waals surface area (Å²) < 4.78 is 21.2. The molecule has 8 nitrogen and oxygen atoms in total. The van der Waals surface area contributed by atoms with Gasteiger partial charge in [-0.3, -0.25) is 4.79 Å². The first-order valence-corrected chi connectivity index (χ1v) is 6.53. The van der Waals surface area contributed by atoms with Gasteiger partial charge in [-0.05, 0) is 0 Å². The summed E-state index contributed by atoms with van der Waals surface area (Å²) in [5, 5.41) is 19.4. The number of aliphatic hydroxyl groups excluding tert-OH is 2. The van der Waals surface area contributed by atoms with Crippen molar-refractivity contribution in [3.05, 3.63) is 35.4 Å². The van der Waals surface area contributed by atoms with Crippen molar-refractivity contribution in [1.29, 1.82) is 0 Å². The van der Waals surface area contributed by atoms with Gasteiger partial charge >= 0.3 is 0 Å². The molecule has 22 heavy (non-hydrogen) atoms. The van der Waals surface area contributed by atoms with Gasteiger partial charge in [-0.15, -0.1) is 6.58 Å². The third-order valence-electron chi connectivity index (χ3n) is 3.88. The van der Waals surface area contributed by atoms with Crippen LogP contribution >= 0.6 is 0 Å². The van der Waals surface area contributed by atoms with Crippen LogP contribution in [0.2, 0.25) is 0 Å². The number of imidazole rings is 1. The first-order valence-electron chi connectivity index (χ1n) is 6.53. The second kappa shape index (κ2) is 4.90. The average Bonchev–Trinajstić information content (AvgIpc) is 3.01. The summed E-state index contributed by atoms with van der Waals surface area (Å²) in [7, 11) is 0. The highest BCUT2D eigenvalue weighted by atomic mass is 19.1. The predicted octanol–water partition coefficient (Wildman–Crippen LogP) is -0.548. The number of aliphatic hydroxyl groups is 2. The summed E-state index contributed by atoms with van der Waals surface area (Å²) in [6, 6.07) is 1.42. The van der Waals surface area contributed by atoms with Gasteiger partial charge in [0.05, 0.1) is 18.5 Å². The lowest BCUT2D eigenvalue weighted by atomic mass is 9.97. The van der Waals surface area contributed by atoms with Crippen molar-refractivity contribution in [3.63, 3.8) is 0 Å². The maximum atomic E-state index is 14.4. The summed E-state index contributed by atoms with van der Waals surface area (Å²) in [4.78, 5) is 18.1. The molecule has 9 heteroatoms. The lowest BCUT2D eigenvalue weighted by Crippen LogP contribution is -2.43. The van der Waals surface area contributed by atoms with Crippen molar-refractivity contribution in [1.82, 2.24) is 14.5 Å². The first kappa shape index (κ1) is 14.7. The van der Waals surface area contributed by atoms with Crippen LogP contribution in [0.5, 0.6) is 0 Å². The van der Waals surface area contributed by atoms with Crippen molar-refractivity contribution >= 4 is 16.9 Å². The fourth-order valence-electron chi connectivity index (χ4n) is 2.62. The molecule has 0 bridgehead atoms. The third kappa shape index (κ3) is 1.86. The summed E-state index contributed by atoms with van der Waals surface area (Å²) in [6.45, 7) is 2.83. The van der Waals surface area contributed by atoms with Crippen LogP contribution in [-0.4, -0.2) is 49.2 Å². The summed E-state index contributed by atoms with van der Waals surface area (Å²) >= 11 is 0. The Balaban J connectivity index is 2.13. The van der Waals surface area contributed by atoms with E-state index in [0.717, 1.165) is 6.08 Å². The van der Waals surface area contributed by atoms with Gasteiger partial charge < -0.3 is 30.2 Å². The topological polar surface area (TPSA) is 126 Å². The second-order valence-corrected chi connectivity index (χ2v) is 5.15. The zero-order valence-electron chi connectivity index (χ0n) is 11.4. The van der Waals surface area contributed by atoms with Crippen LogP contribution in [0.3, 0.4) is 0 Å². The second-order valence-electron chi connectivity index (χ2n) is 5.15. The van der Waals surface area contributed by atoms with E-state index in [2.05, 4.69) is 16.5 Å². The monoisotopic (exact) mass is 310 g/mol. The minimum atomic E-state index is -1.84. The highest BCUT2D eigenvalue weighted by Crippen LogP contribution is 2.40. The minimum Gasteiger partial charge on any atom is -0.393 e. The molecule has 1 saturated heterocycles. The van der Waals surface area contributed by atoms with Gasteiger partial charge in [0, 0.05) is 6.07 Å². The fourth-order valence-corrected chi connectivity index (χ4v) is 2.62. The lowest BCUT2D eigenvalue weighted by Gasteiger charge is -2.25. The summed E-state index contributed by atoms with van der Waals surface area (Å²) in [5.41, 5.74) is 3.78. The van der Waals surface area contributed by atoms with Crippen LogP contribution in [0.25, 0.3) is 11.0 Å². The molecule has 3 heterocycles. The van der Waals surface area contributed by atoms with Crippen molar-refractivity contribution < 1.29 is 19.3 Å². The highest BCUT2D eigenvalue weighted by molar-refractivity contribution is 5.76. The number of hydrogen-bond donors (Lipinski definition) is 4. The van der Waals surface area contributed by atoms with Crippen LogP contribution < -0.4 is 11.3 Å². The number of ether oxygens (including phenoxy) is 1. The normalized spacial score (nSPS) is 31.7. The maximum absolute atomic E-state index is 14.4. The van der Waals surface area contributed by atoms with E-state index in [1.54, 1.807) is 0 Å². The van der Waals surface area contributed by atoms with E-state index < -0.39 is 36.3 Å². The Bertz CT molecular complexity index is 788. The largest absolute Gasteiger partial charge is 0.393 e. The summed E-state index contributed by atoms with van der Waals surface area (Å²) in [6.07, 6.45) is -2.34. The van der Waals surface area contributed by atoms with E-state index in [4.69, 9.17) is 10.5 Å². The quantitative estimate of drug-likeness (QED) is 0.564. The van der Waals surface area contributed by atoms with Crippen molar-refractivity contribution in [2.75, 3.05) is 12.3 Å². The molecule has 0 radical (unpaired) electrons. The van der Waals surface area contributed by atoms with Gasteiger partial charge in [-0.1, -0.05) is 6.08 Å². The number of rotatable bonds is 3. The van der Waals surface area contributed by atoms with E-state index in [9.17, 15) is 19.4 Å². The number of nitrogen functional groups attached to an aromatic ring is 1. The SMILES string of the molecule is C=C[C@]1(CO)O[C@@H](n2cnc3c(=O)[nH]c(N)cc32)[C@H](F)[C@@H]1O. The number of aromatic nitrogens is 3. The minimum absolute atomic E-state index is 0.0691. The molecule has 0 amide bonds. The Morgan fingerprint density at radius 3 is 3.00 bits per heavy atom. The Labute approximate surface area is 123 Å². The zero-order chi connectivity index (χ0) is 16.1. The van der Waals surface area contributed by atoms with E-state index in [0.29, 0.717) is 0 Å². The number of hydrogen-bond acceptors (Lipinski definition) is 6. The molecule has 5 N–H and O–H groups in total. The number of aromatic amines is 1. The number of nitrogens with zero attached hydrogens (tertiary/aromatic N) is 2. The van der Waals surface area contributed by atoms with Gasteiger partial charge in [0.2, 0.25) is 0 Å². The Morgan fingerprint density at radius 1 is 1.68 bits per heavy atom. The molecule has 2 aromatic heterocycles. The van der Waals surface area contributed by atoms with E-state index in [1.807, 2.05) is 0 Å². The molecule has 0 unspecified atom stereocenters. The van der Waals surface area contributed by atoms with Crippen LogP contribution in [0.1, 0.15) is 6.23 Å². The molecule has 3 rings (SSSR count). The third-order valence-corrected chi connectivity index (χ3v) is 3.88. The number of halogens is 1. The number of alkyl halides is 1. The van der Waals surface area contributed by atoms with E-state index in [1.165, 1.54) is 17.0 Å². The average molecular weight is 310 g/mol. The number of fused-ring (bicyclic) bond motifs is 1. The molecule has 0 aromatic carbocycles. The molecule has 0 spiro atoms. The molecule has 2 aromatic rings. The molecule has 1 fully saturated rings.